The van der Waals surface area contributed by atoms with Gasteiger partial charge >= 0.3 is 0 Å². The lowest BCUT2D eigenvalue weighted by atomic mass is 10.1. The maximum Gasteiger partial charge on any atom is 0.191 e. The van der Waals surface area contributed by atoms with E-state index in [4.69, 9.17) is 4.52 Å². The van der Waals surface area contributed by atoms with Crippen molar-refractivity contribution in [1.29, 1.82) is 0 Å². The van der Waals surface area contributed by atoms with Gasteiger partial charge in [0.1, 0.15) is 5.76 Å². The normalized spacial score (nSPS) is 17.0. The molecular formula is C18H26FIN6O. The minimum Gasteiger partial charge on any atom is -0.361 e. The molecule has 9 heteroatoms. The van der Waals surface area contributed by atoms with Gasteiger partial charge in [0.05, 0.1) is 5.69 Å². The van der Waals surface area contributed by atoms with Crippen molar-refractivity contribution >= 4 is 35.8 Å². The summed E-state index contributed by atoms with van der Waals surface area (Å²) in [6.07, 6.45) is 3.34. The number of nitrogens with one attached hydrogen (secondary N) is 2. The van der Waals surface area contributed by atoms with Crippen LogP contribution in [0.5, 0.6) is 0 Å². The molecule has 1 unspecified atom stereocenters. The Labute approximate surface area is 175 Å². The average Bonchev–Trinajstić information content (AvgIpc) is 3.22. The highest BCUT2D eigenvalue weighted by Gasteiger charge is 2.25. The monoisotopic (exact) mass is 488 g/mol. The molecule has 3 heterocycles. The van der Waals surface area contributed by atoms with Crippen molar-refractivity contribution in [2.45, 2.75) is 32.7 Å². The molecule has 0 amide bonds. The zero-order chi connectivity index (χ0) is 18.5. The largest absolute Gasteiger partial charge is 0.361 e. The molecule has 0 spiro atoms. The molecule has 2 aromatic heterocycles. The van der Waals surface area contributed by atoms with Crippen LogP contribution in [-0.2, 0) is 6.42 Å². The van der Waals surface area contributed by atoms with E-state index in [2.05, 4.69) is 25.8 Å². The van der Waals surface area contributed by atoms with Gasteiger partial charge in [-0.05, 0) is 38.8 Å². The van der Waals surface area contributed by atoms with Crippen molar-refractivity contribution < 1.29 is 8.91 Å². The van der Waals surface area contributed by atoms with Crippen molar-refractivity contribution in [2.75, 3.05) is 31.6 Å². The fraction of sp³-hybridized carbons (Fsp3) is 0.500. The Hall–Kier alpha value is -1.91. The lowest BCUT2D eigenvalue weighted by Gasteiger charge is -2.20. The molecule has 7 nitrogen and oxygen atoms in total. The van der Waals surface area contributed by atoms with E-state index in [9.17, 15) is 4.39 Å². The first kappa shape index (κ1) is 21.4. The highest BCUT2D eigenvalue weighted by atomic mass is 127. The van der Waals surface area contributed by atoms with Gasteiger partial charge in [0.2, 0.25) is 0 Å². The Kier molecular flexibility index (Phi) is 7.81. The molecule has 0 bridgehead atoms. The van der Waals surface area contributed by atoms with Crippen molar-refractivity contribution in [2.24, 2.45) is 4.99 Å². The third-order valence-corrected chi connectivity index (χ3v) is 4.64. The van der Waals surface area contributed by atoms with E-state index >= 15 is 0 Å². The highest BCUT2D eigenvalue weighted by molar-refractivity contribution is 14.0. The lowest BCUT2D eigenvalue weighted by Crippen LogP contribution is -2.45. The van der Waals surface area contributed by atoms with E-state index in [0.717, 1.165) is 48.9 Å². The molecular weight excluding hydrogens is 462 g/mol. The summed E-state index contributed by atoms with van der Waals surface area (Å²) in [4.78, 5) is 10.4. The summed E-state index contributed by atoms with van der Waals surface area (Å²) in [5, 5.41) is 10.7. The molecule has 0 radical (unpaired) electrons. The third-order valence-electron chi connectivity index (χ3n) is 4.64. The van der Waals surface area contributed by atoms with Gasteiger partial charge in [-0.3, -0.25) is 4.99 Å². The number of hydrogen-bond donors (Lipinski definition) is 2. The molecule has 1 fully saturated rings. The van der Waals surface area contributed by atoms with Crippen LogP contribution in [0.15, 0.2) is 27.8 Å². The van der Waals surface area contributed by atoms with Gasteiger partial charge in [-0.15, -0.1) is 24.0 Å². The summed E-state index contributed by atoms with van der Waals surface area (Å²) in [5.74, 6) is 1.73. The van der Waals surface area contributed by atoms with Crippen LogP contribution < -0.4 is 15.5 Å². The van der Waals surface area contributed by atoms with Gasteiger partial charge in [0.15, 0.2) is 17.6 Å². The summed E-state index contributed by atoms with van der Waals surface area (Å²) < 4.78 is 19.1. The van der Waals surface area contributed by atoms with Crippen LogP contribution in [0.3, 0.4) is 0 Å². The van der Waals surface area contributed by atoms with E-state index in [0.29, 0.717) is 12.4 Å². The first-order valence-corrected chi connectivity index (χ1v) is 8.83. The van der Waals surface area contributed by atoms with E-state index < -0.39 is 0 Å². The van der Waals surface area contributed by atoms with Crippen LogP contribution in [0, 0.1) is 19.7 Å². The number of aliphatic imine (C=N–C) groups is 1. The maximum absolute atomic E-state index is 13.9. The molecule has 0 aliphatic carbocycles. The van der Waals surface area contributed by atoms with Crippen LogP contribution >= 0.6 is 24.0 Å². The number of pyridine rings is 1. The van der Waals surface area contributed by atoms with Crippen LogP contribution in [0.25, 0.3) is 0 Å². The Morgan fingerprint density at radius 3 is 2.93 bits per heavy atom. The molecule has 27 heavy (non-hydrogen) atoms. The van der Waals surface area contributed by atoms with E-state index in [-0.39, 0.29) is 35.8 Å². The Bertz CT molecular complexity index is 761. The predicted molar refractivity (Wildman–Crippen MR) is 114 cm³/mol. The van der Waals surface area contributed by atoms with Crippen molar-refractivity contribution in [3.05, 3.63) is 41.2 Å². The van der Waals surface area contributed by atoms with Gasteiger partial charge in [0, 0.05) is 44.5 Å². The second-order valence-corrected chi connectivity index (χ2v) is 6.44. The SMILES string of the molecule is CN=C(NCCc1c(C)noc1C)NC1CCN(c2ncccc2F)C1.I. The lowest BCUT2D eigenvalue weighted by molar-refractivity contribution is 0.392. The number of nitrogens with zero attached hydrogens (tertiary/aromatic N) is 4. The Balaban J connectivity index is 0.00000261. The van der Waals surface area contributed by atoms with Crippen LogP contribution in [0.4, 0.5) is 10.2 Å². The van der Waals surface area contributed by atoms with Crippen LogP contribution in [-0.4, -0.2) is 48.8 Å². The highest BCUT2D eigenvalue weighted by Crippen LogP contribution is 2.20. The topological polar surface area (TPSA) is 78.6 Å². The molecule has 2 N–H and O–H groups in total. The van der Waals surface area contributed by atoms with Gasteiger partial charge in [-0.1, -0.05) is 5.16 Å². The van der Waals surface area contributed by atoms with Crippen LogP contribution in [0.2, 0.25) is 0 Å². The maximum atomic E-state index is 13.9. The second-order valence-electron chi connectivity index (χ2n) is 6.44. The number of rotatable bonds is 5. The van der Waals surface area contributed by atoms with Crippen molar-refractivity contribution in [3.63, 3.8) is 0 Å². The molecule has 2 aromatic rings. The van der Waals surface area contributed by atoms with Crippen molar-refractivity contribution in [1.82, 2.24) is 20.8 Å². The number of halogens is 2. The minimum absolute atomic E-state index is 0. The Morgan fingerprint density at radius 1 is 1.44 bits per heavy atom. The van der Waals surface area contributed by atoms with Gasteiger partial charge in [0.25, 0.3) is 0 Å². The average molecular weight is 488 g/mol. The first-order valence-electron chi connectivity index (χ1n) is 8.83. The van der Waals surface area contributed by atoms with Crippen LogP contribution in [0.1, 0.15) is 23.4 Å². The molecule has 148 valence electrons. The van der Waals surface area contributed by atoms with E-state index in [1.165, 1.54) is 6.07 Å². The zero-order valence-corrected chi connectivity index (χ0v) is 18.2. The fourth-order valence-corrected chi connectivity index (χ4v) is 3.23. The third kappa shape index (κ3) is 5.30. The van der Waals surface area contributed by atoms with E-state index in [1.807, 2.05) is 18.7 Å². The number of aryl methyl sites for hydroxylation is 2. The molecule has 1 aliphatic heterocycles. The number of guanidine groups is 1. The van der Waals surface area contributed by atoms with Gasteiger partial charge in [-0.2, -0.15) is 0 Å². The summed E-state index contributed by atoms with van der Waals surface area (Å²) in [6.45, 7) is 6.06. The molecule has 1 aliphatic rings. The minimum atomic E-state index is -0.282. The molecule has 3 rings (SSSR count). The second kappa shape index (κ2) is 9.86. The summed E-state index contributed by atoms with van der Waals surface area (Å²) in [7, 11) is 1.75. The van der Waals surface area contributed by atoms with Gasteiger partial charge < -0.3 is 20.1 Å². The predicted octanol–water partition coefficient (Wildman–Crippen LogP) is 2.43. The number of anilines is 1. The molecule has 1 saturated heterocycles. The zero-order valence-electron chi connectivity index (χ0n) is 15.8. The fourth-order valence-electron chi connectivity index (χ4n) is 3.23. The molecule has 0 saturated carbocycles. The number of hydrogen-bond acceptors (Lipinski definition) is 5. The first-order chi connectivity index (χ1) is 12.6. The quantitative estimate of drug-likeness (QED) is 0.383. The van der Waals surface area contributed by atoms with E-state index in [1.54, 1.807) is 19.3 Å². The van der Waals surface area contributed by atoms with Gasteiger partial charge in [-0.25, -0.2) is 9.37 Å². The summed E-state index contributed by atoms with van der Waals surface area (Å²) in [6, 6.07) is 3.25. The number of aromatic nitrogens is 2. The summed E-state index contributed by atoms with van der Waals surface area (Å²) in [5.41, 5.74) is 2.06. The summed E-state index contributed by atoms with van der Waals surface area (Å²) >= 11 is 0. The Morgan fingerprint density at radius 2 is 2.26 bits per heavy atom. The standard InChI is InChI=1S/C18H25FN6O.HI/c1-12-15(13(2)26-24-12)6-9-22-18(20-3)23-14-7-10-25(11-14)17-16(19)5-4-8-21-17;/h4-5,8,14H,6-7,9-11H2,1-3H3,(H2,20,22,23);1H. The molecule has 0 aromatic carbocycles. The van der Waals surface area contributed by atoms with Crippen molar-refractivity contribution in [3.8, 4) is 0 Å². The smallest absolute Gasteiger partial charge is 0.191 e. The molecule has 1 atom stereocenters.